The third-order valence-electron chi connectivity index (χ3n) is 2.98. The zero-order valence-corrected chi connectivity index (χ0v) is 7.81. The molecule has 1 unspecified atom stereocenters. The third-order valence-corrected chi connectivity index (χ3v) is 2.98. The van der Waals surface area contributed by atoms with E-state index in [0.717, 1.165) is 32.8 Å². The van der Waals surface area contributed by atoms with Crippen molar-refractivity contribution in [1.82, 2.24) is 10.2 Å². The van der Waals surface area contributed by atoms with Crippen LogP contribution in [-0.4, -0.2) is 43.4 Å². The van der Waals surface area contributed by atoms with Gasteiger partial charge in [-0.15, -0.1) is 0 Å². The Balaban J connectivity index is 1.96. The summed E-state index contributed by atoms with van der Waals surface area (Å²) in [5, 5.41) is 3.36. The molecule has 0 spiro atoms. The van der Waals surface area contributed by atoms with Crippen LogP contribution in [-0.2, 0) is 4.74 Å². The molecule has 0 bridgehead atoms. The molecule has 70 valence electrons. The van der Waals surface area contributed by atoms with Crippen LogP contribution in [0.4, 0.5) is 0 Å². The smallest absolute Gasteiger partial charge is 0.119 e. The summed E-state index contributed by atoms with van der Waals surface area (Å²) in [6, 6.07) is 0. The summed E-state index contributed by atoms with van der Waals surface area (Å²) in [6.45, 7) is 7.66. The summed E-state index contributed by atoms with van der Waals surface area (Å²) in [5.74, 6) is 0. The normalized spacial score (nSPS) is 38.8. The number of nitrogens with zero attached hydrogens (tertiary/aromatic N) is 1. The van der Waals surface area contributed by atoms with E-state index in [-0.39, 0.29) is 5.72 Å². The van der Waals surface area contributed by atoms with Gasteiger partial charge in [-0.1, -0.05) is 0 Å². The summed E-state index contributed by atoms with van der Waals surface area (Å²) in [5.41, 5.74) is 0.0576. The second kappa shape index (κ2) is 3.32. The Labute approximate surface area is 74.1 Å². The highest BCUT2D eigenvalue weighted by Crippen LogP contribution is 2.28. The highest BCUT2D eigenvalue weighted by Gasteiger charge is 2.36. The average Bonchev–Trinajstić information content (AvgIpc) is 2.55. The number of hydrogen-bond acceptors (Lipinski definition) is 3. The van der Waals surface area contributed by atoms with Crippen LogP contribution in [0.25, 0.3) is 0 Å². The SMILES string of the molecule is CC1(N2CCNCC2)CCCO1. The molecule has 2 fully saturated rings. The predicted octanol–water partition coefficient (Wildman–Crippen LogP) is 0.418. The van der Waals surface area contributed by atoms with Crippen LogP contribution >= 0.6 is 0 Å². The summed E-state index contributed by atoms with van der Waals surface area (Å²) in [4.78, 5) is 2.47. The number of hydrogen-bond donors (Lipinski definition) is 1. The van der Waals surface area contributed by atoms with E-state index >= 15 is 0 Å². The van der Waals surface area contributed by atoms with Gasteiger partial charge in [-0.2, -0.15) is 0 Å². The van der Waals surface area contributed by atoms with E-state index in [0.29, 0.717) is 0 Å². The second-order valence-electron chi connectivity index (χ2n) is 3.86. The van der Waals surface area contributed by atoms with Crippen molar-refractivity contribution in [3.05, 3.63) is 0 Å². The van der Waals surface area contributed by atoms with Crippen LogP contribution in [0, 0.1) is 0 Å². The van der Waals surface area contributed by atoms with Gasteiger partial charge in [-0.05, 0) is 19.8 Å². The molecule has 0 amide bonds. The van der Waals surface area contributed by atoms with Gasteiger partial charge < -0.3 is 10.1 Å². The van der Waals surface area contributed by atoms with Gasteiger partial charge in [-0.3, -0.25) is 4.90 Å². The summed E-state index contributed by atoms with van der Waals surface area (Å²) < 4.78 is 5.78. The van der Waals surface area contributed by atoms with E-state index in [9.17, 15) is 0 Å². The third kappa shape index (κ3) is 1.49. The second-order valence-corrected chi connectivity index (χ2v) is 3.86. The molecule has 3 heteroatoms. The lowest BCUT2D eigenvalue weighted by Crippen LogP contribution is -2.54. The van der Waals surface area contributed by atoms with Crippen molar-refractivity contribution >= 4 is 0 Å². The maximum atomic E-state index is 5.78. The Bertz CT molecular complexity index is 149. The van der Waals surface area contributed by atoms with Gasteiger partial charge in [0.15, 0.2) is 0 Å². The molecule has 3 nitrogen and oxygen atoms in total. The van der Waals surface area contributed by atoms with Gasteiger partial charge >= 0.3 is 0 Å². The molecule has 0 aromatic heterocycles. The van der Waals surface area contributed by atoms with Crippen molar-refractivity contribution in [2.45, 2.75) is 25.5 Å². The van der Waals surface area contributed by atoms with Gasteiger partial charge in [0.05, 0.1) is 0 Å². The Morgan fingerprint density at radius 1 is 1.33 bits per heavy atom. The van der Waals surface area contributed by atoms with Gasteiger partial charge in [-0.25, -0.2) is 0 Å². The molecular weight excluding hydrogens is 152 g/mol. The zero-order chi connectivity index (χ0) is 8.44. The van der Waals surface area contributed by atoms with Crippen molar-refractivity contribution in [2.75, 3.05) is 32.8 Å². The first-order chi connectivity index (χ1) is 5.81. The fourth-order valence-corrected chi connectivity index (χ4v) is 2.15. The molecule has 1 atom stereocenters. The van der Waals surface area contributed by atoms with E-state index in [1.165, 1.54) is 12.8 Å². The molecular formula is C9H18N2O. The van der Waals surface area contributed by atoms with Crippen molar-refractivity contribution in [1.29, 1.82) is 0 Å². The molecule has 2 aliphatic heterocycles. The van der Waals surface area contributed by atoms with Gasteiger partial charge in [0.25, 0.3) is 0 Å². The summed E-state index contributed by atoms with van der Waals surface area (Å²) >= 11 is 0. The highest BCUT2D eigenvalue weighted by molar-refractivity contribution is 4.83. The fraction of sp³-hybridized carbons (Fsp3) is 1.00. The van der Waals surface area contributed by atoms with Gasteiger partial charge in [0.2, 0.25) is 0 Å². The molecule has 0 saturated carbocycles. The lowest BCUT2D eigenvalue weighted by Gasteiger charge is -2.40. The molecule has 2 rings (SSSR count). The first-order valence-corrected chi connectivity index (χ1v) is 4.91. The lowest BCUT2D eigenvalue weighted by molar-refractivity contribution is -0.112. The first kappa shape index (κ1) is 8.48. The Morgan fingerprint density at radius 2 is 2.08 bits per heavy atom. The number of ether oxygens (including phenoxy) is 1. The van der Waals surface area contributed by atoms with Crippen molar-refractivity contribution in [3.63, 3.8) is 0 Å². The van der Waals surface area contributed by atoms with Crippen LogP contribution in [0.5, 0.6) is 0 Å². The van der Waals surface area contributed by atoms with Crippen LogP contribution in [0.1, 0.15) is 19.8 Å². The molecule has 2 heterocycles. The lowest BCUT2D eigenvalue weighted by atomic mass is 10.1. The van der Waals surface area contributed by atoms with E-state index < -0.39 is 0 Å². The van der Waals surface area contributed by atoms with E-state index in [1.807, 2.05) is 0 Å². The molecule has 1 N–H and O–H groups in total. The molecule has 0 aliphatic carbocycles. The minimum atomic E-state index is 0.0576. The summed E-state index contributed by atoms with van der Waals surface area (Å²) in [6.07, 6.45) is 2.42. The Hall–Kier alpha value is -0.120. The minimum Gasteiger partial charge on any atom is -0.361 e. The fourth-order valence-electron chi connectivity index (χ4n) is 2.15. The molecule has 0 radical (unpaired) electrons. The largest absolute Gasteiger partial charge is 0.361 e. The van der Waals surface area contributed by atoms with Crippen LogP contribution in [0.2, 0.25) is 0 Å². The number of nitrogens with one attached hydrogen (secondary N) is 1. The van der Waals surface area contributed by atoms with Gasteiger partial charge in [0.1, 0.15) is 5.72 Å². The zero-order valence-electron chi connectivity index (χ0n) is 7.81. The molecule has 0 aromatic carbocycles. The van der Waals surface area contributed by atoms with Crippen molar-refractivity contribution < 1.29 is 4.74 Å². The van der Waals surface area contributed by atoms with Crippen LogP contribution in [0.3, 0.4) is 0 Å². The summed E-state index contributed by atoms with van der Waals surface area (Å²) in [7, 11) is 0. The molecule has 12 heavy (non-hydrogen) atoms. The standard InChI is InChI=1S/C9H18N2O/c1-9(3-2-8-12-9)11-6-4-10-5-7-11/h10H,2-8H2,1H3. The topological polar surface area (TPSA) is 24.5 Å². The van der Waals surface area contributed by atoms with Crippen molar-refractivity contribution in [2.24, 2.45) is 0 Å². The Morgan fingerprint density at radius 3 is 2.67 bits per heavy atom. The maximum Gasteiger partial charge on any atom is 0.119 e. The molecule has 2 aliphatic rings. The van der Waals surface area contributed by atoms with Crippen molar-refractivity contribution in [3.8, 4) is 0 Å². The predicted molar refractivity (Wildman–Crippen MR) is 48.0 cm³/mol. The minimum absolute atomic E-state index is 0.0576. The van der Waals surface area contributed by atoms with E-state index in [2.05, 4.69) is 17.1 Å². The Kier molecular flexibility index (Phi) is 2.35. The number of piperazine rings is 1. The average molecular weight is 170 g/mol. The first-order valence-electron chi connectivity index (χ1n) is 4.91. The molecule has 0 aromatic rings. The maximum absolute atomic E-state index is 5.78. The monoisotopic (exact) mass is 170 g/mol. The van der Waals surface area contributed by atoms with Crippen LogP contribution in [0.15, 0.2) is 0 Å². The van der Waals surface area contributed by atoms with E-state index in [1.54, 1.807) is 0 Å². The molecule has 2 saturated heterocycles. The van der Waals surface area contributed by atoms with Crippen LogP contribution < -0.4 is 5.32 Å². The number of rotatable bonds is 1. The van der Waals surface area contributed by atoms with E-state index in [4.69, 9.17) is 4.74 Å². The highest BCUT2D eigenvalue weighted by atomic mass is 16.5. The van der Waals surface area contributed by atoms with Gasteiger partial charge in [0, 0.05) is 32.8 Å². The quantitative estimate of drug-likeness (QED) is 0.617.